The van der Waals surface area contributed by atoms with E-state index in [0.29, 0.717) is 18.9 Å². The van der Waals surface area contributed by atoms with Crippen molar-refractivity contribution in [3.8, 4) is 0 Å². The number of benzene rings is 1. The number of carbonyl (C=O) groups is 2. The number of carbonyl (C=O) groups excluding carboxylic acids is 2. The number of esters is 1. The first kappa shape index (κ1) is 16.5. The maximum Gasteiger partial charge on any atom is 0.306 e. The van der Waals surface area contributed by atoms with E-state index in [2.05, 4.69) is 5.32 Å². The molecule has 1 aliphatic carbocycles. The van der Waals surface area contributed by atoms with E-state index in [-0.39, 0.29) is 11.9 Å². The molecule has 0 saturated heterocycles. The average molecular weight is 303 g/mol. The predicted molar refractivity (Wildman–Crippen MR) is 85.0 cm³/mol. The van der Waals surface area contributed by atoms with Gasteiger partial charge >= 0.3 is 5.97 Å². The van der Waals surface area contributed by atoms with Crippen LogP contribution in [-0.2, 0) is 20.9 Å². The summed E-state index contributed by atoms with van der Waals surface area (Å²) in [5, 5.41) is 2.79. The van der Waals surface area contributed by atoms with Gasteiger partial charge in [-0.2, -0.15) is 0 Å². The van der Waals surface area contributed by atoms with Crippen LogP contribution in [-0.4, -0.2) is 18.0 Å². The van der Waals surface area contributed by atoms with Gasteiger partial charge in [0.1, 0.15) is 0 Å². The second kappa shape index (κ2) is 8.57. The molecule has 1 atom stereocenters. The zero-order valence-corrected chi connectivity index (χ0v) is 13.2. The minimum absolute atomic E-state index is 0.252. The summed E-state index contributed by atoms with van der Waals surface area (Å²) in [6.45, 7) is 2.07. The van der Waals surface area contributed by atoms with Gasteiger partial charge in [-0.15, -0.1) is 0 Å². The number of nitrogens with one attached hydrogen (secondary N) is 1. The zero-order chi connectivity index (χ0) is 15.8. The van der Waals surface area contributed by atoms with Crippen molar-refractivity contribution < 1.29 is 14.3 Å². The van der Waals surface area contributed by atoms with Crippen LogP contribution in [0, 0.1) is 5.92 Å². The highest BCUT2D eigenvalue weighted by Crippen LogP contribution is 2.28. The fourth-order valence-electron chi connectivity index (χ4n) is 2.86. The molecule has 2 rings (SSSR count). The Kier molecular flexibility index (Phi) is 6.44. The van der Waals surface area contributed by atoms with E-state index in [1.807, 2.05) is 30.3 Å². The Morgan fingerprint density at radius 2 is 1.91 bits per heavy atom. The summed E-state index contributed by atoms with van der Waals surface area (Å²) < 4.78 is 5.21. The van der Waals surface area contributed by atoms with Gasteiger partial charge in [0.25, 0.3) is 5.91 Å². The second-order valence-electron chi connectivity index (χ2n) is 6.02. The molecule has 22 heavy (non-hydrogen) atoms. The summed E-state index contributed by atoms with van der Waals surface area (Å²) in [7, 11) is 0. The van der Waals surface area contributed by atoms with E-state index in [1.165, 1.54) is 25.7 Å². The summed E-state index contributed by atoms with van der Waals surface area (Å²) in [5.74, 6) is 0.141. The lowest BCUT2D eigenvalue weighted by Gasteiger charge is -2.14. The first-order valence-electron chi connectivity index (χ1n) is 8.16. The van der Waals surface area contributed by atoms with E-state index >= 15 is 0 Å². The molecule has 0 bridgehead atoms. The molecular weight excluding hydrogens is 278 g/mol. The number of rotatable bonds is 7. The Morgan fingerprint density at radius 1 is 1.23 bits per heavy atom. The molecule has 0 aromatic heterocycles. The van der Waals surface area contributed by atoms with E-state index in [9.17, 15) is 9.59 Å². The Labute approximate surface area is 132 Å². The van der Waals surface area contributed by atoms with Crippen LogP contribution in [0.1, 0.15) is 51.0 Å². The Morgan fingerprint density at radius 3 is 2.59 bits per heavy atom. The highest BCUT2D eigenvalue weighted by Gasteiger charge is 2.20. The van der Waals surface area contributed by atoms with Crippen molar-refractivity contribution >= 4 is 11.9 Å². The van der Waals surface area contributed by atoms with E-state index in [4.69, 9.17) is 4.74 Å². The van der Waals surface area contributed by atoms with Crippen molar-refractivity contribution in [2.75, 3.05) is 0 Å². The smallest absolute Gasteiger partial charge is 0.306 e. The number of hydrogen-bond acceptors (Lipinski definition) is 3. The van der Waals surface area contributed by atoms with Crippen molar-refractivity contribution in [3.63, 3.8) is 0 Å². The van der Waals surface area contributed by atoms with Gasteiger partial charge in [-0.25, -0.2) is 0 Å². The first-order chi connectivity index (χ1) is 10.6. The van der Waals surface area contributed by atoms with E-state index in [0.717, 1.165) is 12.0 Å². The molecular formula is C18H25NO3. The Bertz CT molecular complexity index is 480. The summed E-state index contributed by atoms with van der Waals surface area (Å²) in [4.78, 5) is 23.7. The fourth-order valence-corrected chi connectivity index (χ4v) is 2.86. The number of hydrogen-bond donors (Lipinski definition) is 1. The molecule has 0 heterocycles. The van der Waals surface area contributed by atoms with Crippen molar-refractivity contribution in [3.05, 3.63) is 35.9 Å². The normalized spacial score (nSPS) is 16.2. The molecule has 4 nitrogen and oxygen atoms in total. The molecule has 4 heteroatoms. The average Bonchev–Trinajstić information content (AvgIpc) is 3.05. The Balaban J connectivity index is 1.65. The maximum absolute atomic E-state index is 11.9. The maximum atomic E-state index is 11.9. The van der Waals surface area contributed by atoms with Gasteiger partial charge in [-0.05, 0) is 24.8 Å². The fraction of sp³-hybridized carbons (Fsp3) is 0.556. The minimum Gasteiger partial charge on any atom is -0.453 e. The van der Waals surface area contributed by atoms with Crippen LogP contribution in [0.5, 0.6) is 0 Å². The molecule has 1 aliphatic rings. The lowest BCUT2D eigenvalue weighted by Crippen LogP contribution is -2.35. The van der Waals surface area contributed by atoms with Crippen LogP contribution in [0.2, 0.25) is 0 Å². The van der Waals surface area contributed by atoms with Gasteiger partial charge in [0.2, 0.25) is 0 Å². The quantitative estimate of drug-likeness (QED) is 0.787. The molecule has 1 N–H and O–H groups in total. The van der Waals surface area contributed by atoms with Gasteiger partial charge in [-0.3, -0.25) is 9.59 Å². The third kappa shape index (κ3) is 5.51. The first-order valence-corrected chi connectivity index (χ1v) is 8.16. The molecule has 0 radical (unpaired) electrons. The van der Waals surface area contributed by atoms with Gasteiger partial charge in [0.05, 0.1) is 0 Å². The van der Waals surface area contributed by atoms with Gasteiger partial charge in [0.15, 0.2) is 6.10 Å². The highest BCUT2D eigenvalue weighted by molar-refractivity contribution is 5.83. The molecule has 1 fully saturated rings. The second-order valence-corrected chi connectivity index (χ2v) is 6.02. The molecule has 1 saturated carbocycles. The lowest BCUT2D eigenvalue weighted by atomic mass is 10.0. The van der Waals surface area contributed by atoms with Crippen LogP contribution in [0.15, 0.2) is 30.3 Å². The minimum atomic E-state index is -0.736. The van der Waals surface area contributed by atoms with Gasteiger partial charge in [-0.1, -0.05) is 56.0 Å². The topological polar surface area (TPSA) is 55.4 Å². The van der Waals surface area contributed by atoms with Crippen LogP contribution < -0.4 is 5.32 Å². The van der Waals surface area contributed by atoms with Crippen LogP contribution in [0.25, 0.3) is 0 Å². The summed E-state index contributed by atoms with van der Waals surface area (Å²) in [6.07, 6.45) is 5.56. The summed E-state index contributed by atoms with van der Waals surface area (Å²) >= 11 is 0. The molecule has 1 aromatic carbocycles. The molecule has 0 aliphatic heterocycles. The lowest BCUT2D eigenvalue weighted by molar-refractivity contribution is -0.155. The standard InChI is InChI=1S/C18H25NO3/c1-14(18(21)19-13-16-9-3-2-4-10-16)22-17(20)12-11-15-7-5-6-8-15/h2-4,9-10,14-15H,5-8,11-13H2,1H3,(H,19,21)/t14-/m0/s1. The molecule has 120 valence electrons. The number of amides is 1. The summed E-state index contributed by atoms with van der Waals surface area (Å²) in [5.41, 5.74) is 1.02. The largest absolute Gasteiger partial charge is 0.453 e. The Hall–Kier alpha value is -1.84. The summed E-state index contributed by atoms with van der Waals surface area (Å²) in [6, 6.07) is 9.67. The van der Waals surface area contributed by atoms with Crippen molar-refractivity contribution in [1.29, 1.82) is 0 Å². The number of ether oxygens (including phenoxy) is 1. The van der Waals surface area contributed by atoms with Gasteiger partial charge in [0, 0.05) is 13.0 Å². The third-order valence-corrected chi connectivity index (χ3v) is 4.22. The SMILES string of the molecule is C[C@H](OC(=O)CCC1CCCC1)C(=O)NCc1ccccc1. The van der Waals surface area contributed by atoms with Crippen LogP contribution >= 0.6 is 0 Å². The predicted octanol–water partition coefficient (Wildman–Crippen LogP) is 3.20. The molecule has 0 spiro atoms. The van der Waals surface area contributed by atoms with E-state index in [1.54, 1.807) is 6.92 Å². The van der Waals surface area contributed by atoms with Crippen LogP contribution in [0.3, 0.4) is 0 Å². The molecule has 0 unspecified atom stereocenters. The van der Waals surface area contributed by atoms with Crippen molar-refractivity contribution in [1.82, 2.24) is 5.32 Å². The van der Waals surface area contributed by atoms with Crippen molar-refractivity contribution in [2.24, 2.45) is 5.92 Å². The zero-order valence-electron chi connectivity index (χ0n) is 13.2. The van der Waals surface area contributed by atoms with Gasteiger partial charge < -0.3 is 10.1 Å². The molecule has 1 amide bonds. The van der Waals surface area contributed by atoms with Crippen LogP contribution in [0.4, 0.5) is 0 Å². The van der Waals surface area contributed by atoms with Crippen molar-refractivity contribution in [2.45, 2.75) is 58.1 Å². The third-order valence-electron chi connectivity index (χ3n) is 4.22. The highest BCUT2D eigenvalue weighted by atomic mass is 16.5. The van der Waals surface area contributed by atoms with E-state index < -0.39 is 6.10 Å². The molecule has 1 aromatic rings. The monoisotopic (exact) mass is 303 g/mol.